The molecule has 3 aromatic rings. The Morgan fingerprint density at radius 1 is 1.37 bits per heavy atom. The molecule has 3 rings (SSSR count). The van der Waals surface area contributed by atoms with E-state index < -0.39 is 0 Å². The zero-order chi connectivity index (χ0) is 13.1. The van der Waals surface area contributed by atoms with Gasteiger partial charge in [0.15, 0.2) is 0 Å². The van der Waals surface area contributed by atoms with Crippen molar-refractivity contribution in [1.82, 2.24) is 25.1 Å². The number of nitrogens with zero attached hydrogens (tertiary/aromatic N) is 3. The Labute approximate surface area is 109 Å². The van der Waals surface area contributed by atoms with Crippen LogP contribution < -0.4 is 5.32 Å². The van der Waals surface area contributed by atoms with Crippen LogP contribution in [0, 0.1) is 0 Å². The first kappa shape index (κ1) is 11.5. The normalized spacial score (nSPS) is 10.7. The standard InChI is InChI=1S/C13H13N5O/c19-13(14-5-10-6-16-17-7-10)8-18-9-15-11-3-1-2-4-12(11)18/h1-4,6-7,9H,5,8H2,(H,14,19)(H,16,17). The average molecular weight is 255 g/mol. The van der Waals surface area contributed by atoms with E-state index in [-0.39, 0.29) is 12.5 Å². The van der Waals surface area contributed by atoms with Crippen LogP contribution in [0.2, 0.25) is 0 Å². The number of para-hydroxylation sites is 2. The van der Waals surface area contributed by atoms with E-state index in [2.05, 4.69) is 20.5 Å². The quantitative estimate of drug-likeness (QED) is 0.732. The molecule has 96 valence electrons. The summed E-state index contributed by atoms with van der Waals surface area (Å²) in [4.78, 5) is 16.1. The number of H-pyrrole nitrogens is 1. The maximum Gasteiger partial charge on any atom is 0.240 e. The molecule has 0 radical (unpaired) electrons. The van der Waals surface area contributed by atoms with Crippen LogP contribution >= 0.6 is 0 Å². The van der Waals surface area contributed by atoms with E-state index in [0.717, 1.165) is 16.6 Å². The number of carbonyl (C=O) groups excluding carboxylic acids is 1. The average Bonchev–Trinajstić information content (AvgIpc) is 3.07. The summed E-state index contributed by atoms with van der Waals surface area (Å²) < 4.78 is 1.83. The molecule has 2 aromatic heterocycles. The van der Waals surface area contributed by atoms with Crippen molar-refractivity contribution in [2.75, 3.05) is 0 Å². The Morgan fingerprint density at radius 3 is 3.11 bits per heavy atom. The van der Waals surface area contributed by atoms with Gasteiger partial charge in [0.05, 0.1) is 23.6 Å². The topological polar surface area (TPSA) is 75.6 Å². The van der Waals surface area contributed by atoms with E-state index in [1.54, 1.807) is 18.7 Å². The van der Waals surface area contributed by atoms with Gasteiger partial charge in [0.1, 0.15) is 6.54 Å². The summed E-state index contributed by atoms with van der Waals surface area (Å²) in [6.07, 6.45) is 5.13. The van der Waals surface area contributed by atoms with Crippen LogP contribution in [0.4, 0.5) is 0 Å². The predicted octanol–water partition coefficient (Wildman–Crippen LogP) is 1.08. The fourth-order valence-corrected chi connectivity index (χ4v) is 1.92. The Bertz CT molecular complexity index is 686. The summed E-state index contributed by atoms with van der Waals surface area (Å²) in [6.45, 7) is 0.736. The van der Waals surface area contributed by atoms with E-state index >= 15 is 0 Å². The van der Waals surface area contributed by atoms with Gasteiger partial charge in [-0.1, -0.05) is 12.1 Å². The van der Waals surface area contributed by atoms with Crippen LogP contribution in [0.15, 0.2) is 43.0 Å². The Kier molecular flexibility index (Phi) is 2.97. The maximum atomic E-state index is 11.9. The zero-order valence-electron chi connectivity index (χ0n) is 10.2. The summed E-state index contributed by atoms with van der Waals surface area (Å²) >= 11 is 0. The van der Waals surface area contributed by atoms with Crippen LogP contribution in [0.3, 0.4) is 0 Å². The number of hydrogen-bond acceptors (Lipinski definition) is 3. The molecule has 0 aliphatic rings. The lowest BCUT2D eigenvalue weighted by Crippen LogP contribution is -2.26. The molecule has 19 heavy (non-hydrogen) atoms. The van der Waals surface area contributed by atoms with Crippen LogP contribution in [0.25, 0.3) is 11.0 Å². The summed E-state index contributed by atoms with van der Waals surface area (Å²) in [5.41, 5.74) is 2.80. The van der Waals surface area contributed by atoms with E-state index in [4.69, 9.17) is 0 Å². The van der Waals surface area contributed by atoms with Gasteiger partial charge < -0.3 is 9.88 Å². The first-order chi connectivity index (χ1) is 9.33. The number of aromatic nitrogens is 4. The second kappa shape index (κ2) is 4.93. The van der Waals surface area contributed by atoms with Gasteiger partial charge in [0.2, 0.25) is 5.91 Å². The lowest BCUT2D eigenvalue weighted by atomic mass is 10.3. The number of nitrogens with one attached hydrogen (secondary N) is 2. The third kappa shape index (κ3) is 2.47. The predicted molar refractivity (Wildman–Crippen MR) is 70.2 cm³/mol. The molecule has 0 spiro atoms. The second-order valence-corrected chi connectivity index (χ2v) is 4.24. The van der Waals surface area contributed by atoms with Crippen molar-refractivity contribution in [3.05, 3.63) is 48.5 Å². The number of fused-ring (bicyclic) bond motifs is 1. The minimum absolute atomic E-state index is 0.0515. The second-order valence-electron chi connectivity index (χ2n) is 4.24. The molecule has 1 aromatic carbocycles. The van der Waals surface area contributed by atoms with Crippen LogP contribution in [-0.2, 0) is 17.9 Å². The van der Waals surface area contributed by atoms with E-state index in [1.165, 1.54) is 0 Å². The molecule has 2 N–H and O–H groups in total. The summed E-state index contributed by atoms with van der Waals surface area (Å²) in [5, 5.41) is 9.37. The Morgan fingerprint density at radius 2 is 2.26 bits per heavy atom. The van der Waals surface area contributed by atoms with Gasteiger partial charge in [-0.3, -0.25) is 9.89 Å². The number of benzene rings is 1. The molecule has 0 aliphatic carbocycles. The number of aromatic amines is 1. The Balaban J connectivity index is 1.66. The van der Waals surface area contributed by atoms with Crippen molar-refractivity contribution < 1.29 is 4.79 Å². The minimum Gasteiger partial charge on any atom is -0.350 e. The maximum absolute atomic E-state index is 11.9. The lowest BCUT2D eigenvalue weighted by Gasteiger charge is -2.05. The van der Waals surface area contributed by atoms with Gasteiger partial charge in [0.25, 0.3) is 0 Å². The highest BCUT2D eigenvalue weighted by Crippen LogP contribution is 2.11. The molecule has 6 nitrogen and oxygen atoms in total. The smallest absolute Gasteiger partial charge is 0.240 e. The van der Waals surface area contributed by atoms with Gasteiger partial charge in [-0.25, -0.2) is 4.98 Å². The van der Waals surface area contributed by atoms with Crippen LogP contribution in [-0.4, -0.2) is 25.7 Å². The van der Waals surface area contributed by atoms with Gasteiger partial charge in [-0.15, -0.1) is 0 Å². The van der Waals surface area contributed by atoms with Gasteiger partial charge in [-0.05, 0) is 12.1 Å². The number of imidazole rings is 1. The number of rotatable bonds is 4. The summed E-state index contributed by atoms with van der Waals surface area (Å²) in [6, 6.07) is 7.74. The summed E-state index contributed by atoms with van der Waals surface area (Å²) in [5.74, 6) is -0.0515. The van der Waals surface area contributed by atoms with Crippen molar-refractivity contribution >= 4 is 16.9 Å². The molecule has 0 atom stereocenters. The first-order valence-electron chi connectivity index (χ1n) is 5.97. The van der Waals surface area contributed by atoms with Crippen molar-refractivity contribution in [2.45, 2.75) is 13.1 Å². The third-order valence-electron chi connectivity index (χ3n) is 2.89. The fraction of sp³-hybridized carbons (Fsp3) is 0.154. The molecule has 0 unspecified atom stereocenters. The molecule has 0 saturated carbocycles. The SMILES string of the molecule is O=C(Cn1cnc2ccccc21)NCc1cn[nH]c1. The molecule has 6 heteroatoms. The molecule has 0 saturated heterocycles. The number of hydrogen-bond donors (Lipinski definition) is 2. The highest BCUT2D eigenvalue weighted by Gasteiger charge is 2.06. The molecular weight excluding hydrogens is 242 g/mol. The number of carbonyl (C=O) groups is 1. The lowest BCUT2D eigenvalue weighted by molar-refractivity contribution is -0.121. The zero-order valence-corrected chi connectivity index (χ0v) is 10.2. The van der Waals surface area contributed by atoms with Gasteiger partial charge >= 0.3 is 0 Å². The molecule has 1 amide bonds. The van der Waals surface area contributed by atoms with Crippen molar-refractivity contribution in [3.8, 4) is 0 Å². The molecular formula is C13H13N5O. The van der Waals surface area contributed by atoms with Crippen molar-refractivity contribution in [2.24, 2.45) is 0 Å². The van der Waals surface area contributed by atoms with Crippen LogP contribution in [0.5, 0.6) is 0 Å². The van der Waals surface area contributed by atoms with E-state index in [9.17, 15) is 4.79 Å². The Hall–Kier alpha value is -2.63. The highest BCUT2D eigenvalue weighted by atomic mass is 16.1. The van der Waals surface area contributed by atoms with Crippen molar-refractivity contribution in [3.63, 3.8) is 0 Å². The van der Waals surface area contributed by atoms with Crippen molar-refractivity contribution in [1.29, 1.82) is 0 Å². The van der Waals surface area contributed by atoms with Gasteiger partial charge in [0, 0.05) is 18.3 Å². The molecule has 0 aliphatic heterocycles. The van der Waals surface area contributed by atoms with Gasteiger partial charge in [-0.2, -0.15) is 5.10 Å². The highest BCUT2D eigenvalue weighted by molar-refractivity contribution is 5.80. The summed E-state index contributed by atoms with van der Waals surface area (Å²) in [7, 11) is 0. The first-order valence-corrected chi connectivity index (χ1v) is 5.97. The fourth-order valence-electron chi connectivity index (χ4n) is 1.92. The molecule has 2 heterocycles. The minimum atomic E-state index is -0.0515. The van der Waals surface area contributed by atoms with E-state index in [1.807, 2.05) is 28.8 Å². The number of amides is 1. The van der Waals surface area contributed by atoms with E-state index in [0.29, 0.717) is 6.54 Å². The monoisotopic (exact) mass is 255 g/mol. The largest absolute Gasteiger partial charge is 0.350 e. The molecule has 0 fully saturated rings. The third-order valence-corrected chi connectivity index (χ3v) is 2.89. The van der Waals surface area contributed by atoms with Crippen LogP contribution in [0.1, 0.15) is 5.56 Å². The molecule has 0 bridgehead atoms.